The Kier molecular flexibility index (Phi) is 3.35. The molecule has 0 aliphatic rings. The molecule has 0 aliphatic heterocycles. The Morgan fingerprint density at radius 2 is 1.39 bits per heavy atom. The van der Waals surface area contributed by atoms with E-state index in [1.165, 1.54) is 16.6 Å². The minimum atomic E-state index is 1.01. The van der Waals surface area contributed by atoms with Crippen molar-refractivity contribution in [1.29, 1.82) is 0 Å². The van der Waals surface area contributed by atoms with Crippen molar-refractivity contribution in [3.63, 3.8) is 0 Å². The zero-order chi connectivity index (χ0) is 15.6. The van der Waals surface area contributed by atoms with Gasteiger partial charge in [0, 0.05) is 23.4 Å². The Bertz CT molecular complexity index is 961. The number of hydrogen-bond donors (Lipinski definition) is 0. The standard InChI is InChI=1S/C21H17N2/c1-23-15-19-14-22-20(16-8-4-2-5-9-16)12-18(19)13-21(23)17-10-6-3-7-11-17/h2-15H,1H3/q+1. The van der Waals surface area contributed by atoms with E-state index in [0.717, 1.165) is 16.6 Å². The first kappa shape index (κ1) is 13.6. The summed E-state index contributed by atoms with van der Waals surface area (Å²) in [6, 6.07) is 25.2. The topological polar surface area (TPSA) is 16.8 Å². The van der Waals surface area contributed by atoms with Crippen molar-refractivity contribution in [2.45, 2.75) is 0 Å². The second-order valence-corrected chi connectivity index (χ2v) is 5.70. The van der Waals surface area contributed by atoms with Crippen LogP contribution in [0.2, 0.25) is 0 Å². The smallest absolute Gasteiger partial charge is 0.212 e. The first-order chi connectivity index (χ1) is 11.3. The number of benzene rings is 2. The van der Waals surface area contributed by atoms with E-state index in [0.29, 0.717) is 0 Å². The minimum absolute atomic E-state index is 1.01. The van der Waals surface area contributed by atoms with Crippen LogP contribution in [-0.2, 0) is 7.05 Å². The molecule has 0 atom stereocenters. The van der Waals surface area contributed by atoms with Crippen LogP contribution in [0, 0.1) is 0 Å². The third-order valence-electron chi connectivity index (χ3n) is 4.11. The summed E-state index contributed by atoms with van der Waals surface area (Å²) in [7, 11) is 2.08. The zero-order valence-corrected chi connectivity index (χ0v) is 13.0. The second kappa shape index (κ2) is 5.65. The van der Waals surface area contributed by atoms with Gasteiger partial charge in [-0.05, 0) is 23.6 Å². The number of aryl methyl sites for hydroxylation is 1. The summed E-state index contributed by atoms with van der Waals surface area (Å²) in [6.45, 7) is 0. The Hall–Kier alpha value is -3.00. The van der Waals surface area contributed by atoms with Gasteiger partial charge in [0.2, 0.25) is 5.69 Å². The molecule has 2 nitrogen and oxygen atoms in total. The maximum Gasteiger partial charge on any atom is 0.212 e. The molecule has 4 aromatic rings. The average molecular weight is 297 g/mol. The van der Waals surface area contributed by atoms with Crippen LogP contribution in [0.1, 0.15) is 0 Å². The summed E-state index contributed by atoms with van der Waals surface area (Å²) in [5, 5.41) is 2.35. The van der Waals surface area contributed by atoms with E-state index in [9.17, 15) is 0 Å². The Morgan fingerprint density at radius 3 is 2.09 bits per heavy atom. The molecule has 0 saturated carbocycles. The molecule has 0 N–H and O–H groups in total. The highest BCUT2D eigenvalue weighted by molar-refractivity contribution is 5.86. The van der Waals surface area contributed by atoms with Crippen LogP contribution < -0.4 is 4.57 Å². The van der Waals surface area contributed by atoms with Crippen LogP contribution in [0.15, 0.2) is 85.2 Å². The monoisotopic (exact) mass is 297 g/mol. The SMILES string of the molecule is C[n+]1cc2cnc(-c3ccccc3)cc2cc1-c1ccccc1. The van der Waals surface area contributed by atoms with Crippen LogP contribution in [-0.4, -0.2) is 4.98 Å². The van der Waals surface area contributed by atoms with Gasteiger partial charge < -0.3 is 0 Å². The van der Waals surface area contributed by atoms with Crippen LogP contribution >= 0.6 is 0 Å². The molecule has 0 amide bonds. The number of aromatic nitrogens is 2. The molecule has 0 bridgehead atoms. The lowest BCUT2D eigenvalue weighted by Gasteiger charge is -2.05. The lowest BCUT2D eigenvalue weighted by Crippen LogP contribution is -2.30. The van der Waals surface area contributed by atoms with Crippen molar-refractivity contribution in [2.75, 3.05) is 0 Å². The summed E-state index contributed by atoms with van der Waals surface area (Å²) < 4.78 is 2.15. The number of nitrogens with zero attached hydrogens (tertiary/aromatic N) is 2. The second-order valence-electron chi connectivity index (χ2n) is 5.70. The van der Waals surface area contributed by atoms with Gasteiger partial charge in [-0.1, -0.05) is 48.5 Å². The molecule has 0 radical (unpaired) electrons. The van der Waals surface area contributed by atoms with E-state index in [1.54, 1.807) is 0 Å². The third-order valence-corrected chi connectivity index (χ3v) is 4.11. The number of pyridine rings is 2. The highest BCUT2D eigenvalue weighted by atomic mass is 14.9. The summed E-state index contributed by atoms with van der Waals surface area (Å²) in [6.07, 6.45) is 4.09. The van der Waals surface area contributed by atoms with Crippen molar-refractivity contribution >= 4 is 10.8 Å². The van der Waals surface area contributed by atoms with Crippen LogP contribution in [0.25, 0.3) is 33.3 Å². The molecule has 2 aromatic heterocycles. The average Bonchev–Trinajstić information content (AvgIpc) is 2.62. The van der Waals surface area contributed by atoms with E-state index in [1.807, 2.05) is 30.5 Å². The fourth-order valence-corrected chi connectivity index (χ4v) is 2.90. The fourth-order valence-electron chi connectivity index (χ4n) is 2.90. The van der Waals surface area contributed by atoms with E-state index in [4.69, 9.17) is 0 Å². The number of fused-ring (bicyclic) bond motifs is 1. The fraction of sp³-hybridized carbons (Fsp3) is 0.0476. The van der Waals surface area contributed by atoms with Crippen LogP contribution in [0.3, 0.4) is 0 Å². The third kappa shape index (κ3) is 2.59. The maximum atomic E-state index is 4.61. The molecule has 0 spiro atoms. The highest BCUT2D eigenvalue weighted by Crippen LogP contribution is 2.24. The summed E-state index contributed by atoms with van der Waals surface area (Å²) >= 11 is 0. The maximum absolute atomic E-state index is 4.61. The van der Waals surface area contributed by atoms with E-state index < -0.39 is 0 Å². The zero-order valence-electron chi connectivity index (χ0n) is 13.0. The normalized spacial score (nSPS) is 10.8. The van der Waals surface area contributed by atoms with E-state index >= 15 is 0 Å². The van der Waals surface area contributed by atoms with Crippen LogP contribution in [0.5, 0.6) is 0 Å². The summed E-state index contributed by atoms with van der Waals surface area (Å²) in [5.41, 5.74) is 4.56. The molecular formula is C21H17N2+. The molecule has 0 unspecified atom stereocenters. The first-order valence-electron chi connectivity index (χ1n) is 7.71. The highest BCUT2D eigenvalue weighted by Gasteiger charge is 2.12. The van der Waals surface area contributed by atoms with Gasteiger partial charge in [0.05, 0.1) is 11.1 Å². The van der Waals surface area contributed by atoms with Gasteiger partial charge in [-0.15, -0.1) is 0 Å². The first-order valence-corrected chi connectivity index (χ1v) is 7.71. The van der Waals surface area contributed by atoms with Gasteiger partial charge in [-0.2, -0.15) is 0 Å². The van der Waals surface area contributed by atoms with Crippen molar-refractivity contribution in [1.82, 2.24) is 4.98 Å². The molecule has 2 heterocycles. The molecule has 0 saturated heterocycles. The predicted molar refractivity (Wildman–Crippen MR) is 93.8 cm³/mol. The van der Waals surface area contributed by atoms with Crippen molar-refractivity contribution in [3.8, 4) is 22.5 Å². The molecule has 110 valence electrons. The molecule has 2 heteroatoms. The van der Waals surface area contributed by atoms with Gasteiger partial charge in [0.15, 0.2) is 6.20 Å². The Labute approximate surface area is 135 Å². The lowest BCUT2D eigenvalue weighted by atomic mass is 10.1. The van der Waals surface area contributed by atoms with Gasteiger partial charge in [-0.25, -0.2) is 4.57 Å². The largest absolute Gasteiger partial charge is 0.255 e. The molecule has 0 fully saturated rings. The molecule has 4 rings (SSSR count). The number of hydrogen-bond acceptors (Lipinski definition) is 1. The predicted octanol–water partition coefficient (Wildman–Crippen LogP) is 4.39. The van der Waals surface area contributed by atoms with Gasteiger partial charge in [-0.3, -0.25) is 4.98 Å². The quantitative estimate of drug-likeness (QED) is 0.501. The van der Waals surface area contributed by atoms with Crippen molar-refractivity contribution in [2.24, 2.45) is 7.05 Å². The Morgan fingerprint density at radius 1 is 0.739 bits per heavy atom. The van der Waals surface area contributed by atoms with Gasteiger partial charge in [0.25, 0.3) is 0 Å². The Balaban J connectivity index is 1.89. The lowest BCUT2D eigenvalue weighted by molar-refractivity contribution is -0.659. The van der Waals surface area contributed by atoms with E-state index in [2.05, 4.69) is 71.3 Å². The van der Waals surface area contributed by atoms with Crippen molar-refractivity contribution in [3.05, 3.63) is 85.2 Å². The van der Waals surface area contributed by atoms with Crippen molar-refractivity contribution < 1.29 is 4.57 Å². The molecule has 2 aromatic carbocycles. The van der Waals surface area contributed by atoms with Gasteiger partial charge >= 0.3 is 0 Å². The number of rotatable bonds is 2. The molecule has 23 heavy (non-hydrogen) atoms. The summed E-state index contributed by atoms with van der Waals surface area (Å²) in [5.74, 6) is 0. The molecule has 0 aliphatic carbocycles. The minimum Gasteiger partial charge on any atom is -0.255 e. The molecular weight excluding hydrogens is 280 g/mol. The van der Waals surface area contributed by atoms with Crippen LogP contribution in [0.4, 0.5) is 0 Å². The summed E-state index contributed by atoms with van der Waals surface area (Å²) in [4.78, 5) is 4.61. The van der Waals surface area contributed by atoms with Gasteiger partial charge in [0.1, 0.15) is 7.05 Å². The van der Waals surface area contributed by atoms with E-state index in [-0.39, 0.29) is 0 Å².